The smallest absolute Gasteiger partial charge is 0.299 e. The van der Waals surface area contributed by atoms with Gasteiger partial charge in [-0.1, -0.05) is 31.4 Å². The highest BCUT2D eigenvalue weighted by Gasteiger charge is 2.34. The van der Waals surface area contributed by atoms with Crippen molar-refractivity contribution in [3.05, 3.63) is 66.0 Å². The van der Waals surface area contributed by atoms with E-state index in [2.05, 4.69) is 13.2 Å². The molecule has 1 aromatic carbocycles. The summed E-state index contributed by atoms with van der Waals surface area (Å²) in [6.07, 6.45) is -2.39. The highest BCUT2D eigenvalue weighted by atomic mass is 19.4. The first-order valence-electron chi connectivity index (χ1n) is 7.55. The molecule has 1 aromatic rings. The van der Waals surface area contributed by atoms with Gasteiger partial charge < -0.3 is 0 Å². The van der Waals surface area contributed by atoms with Crippen LogP contribution in [0.15, 0.2) is 49.3 Å². The first-order chi connectivity index (χ1) is 11.6. The fourth-order valence-corrected chi connectivity index (χ4v) is 2.89. The Morgan fingerprint density at radius 2 is 1.72 bits per heavy atom. The molecule has 0 aromatic heterocycles. The number of benzene rings is 1. The van der Waals surface area contributed by atoms with Crippen LogP contribution in [0.1, 0.15) is 41.9 Å². The van der Waals surface area contributed by atoms with Crippen molar-refractivity contribution in [1.82, 2.24) is 0 Å². The van der Waals surface area contributed by atoms with E-state index < -0.39 is 23.5 Å². The van der Waals surface area contributed by atoms with Crippen LogP contribution < -0.4 is 0 Å². The zero-order valence-electron chi connectivity index (χ0n) is 13.3. The minimum atomic E-state index is -4.65. The van der Waals surface area contributed by atoms with Crippen molar-refractivity contribution in [2.45, 2.75) is 31.4 Å². The van der Waals surface area contributed by atoms with Gasteiger partial charge in [0.2, 0.25) is 0 Å². The Bertz CT molecular complexity index is 756. The van der Waals surface area contributed by atoms with E-state index in [-0.39, 0.29) is 47.5 Å². The third-order valence-electron chi connectivity index (χ3n) is 3.98. The highest BCUT2D eigenvalue weighted by Crippen LogP contribution is 2.38. The van der Waals surface area contributed by atoms with Gasteiger partial charge >= 0.3 is 6.18 Å². The average molecular weight is 352 g/mol. The number of hydrogen-bond donors (Lipinski definition) is 0. The molecule has 132 valence electrons. The summed E-state index contributed by atoms with van der Waals surface area (Å²) in [5.41, 5.74) is -0.942. The monoisotopic (exact) mass is 352 g/mol. The van der Waals surface area contributed by atoms with E-state index in [1.807, 2.05) is 0 Å². The summed E-state index contributed by atoms with van der Waals surface area (Å²) in [5, 5.41) is 0. The maximum atomic E-state index is 13.7. The van der Waals surface area contributed by atoms with E-state index in [1.54, 1.807) is 0 Å². The van der Waals surface area contributed by atoms with Gasteiger partial charge in [0.05, 0.1) is 12.0 Å². The first kappa shape index (κ1) is 18.8. The number of Topliss-reactive ketones (excluding diaryl/α,β-unsaturated/α-hetero) is 2. The summed E-state index contributed by atoms with van der Waals surface area (Å²) in [6, 6.07) is 3.09. The molecule has 1 aliphatic rings. The summed E-state index contributed by atoms with van der Waals surface area (Å²) < 4.78 is 53.4. The Morgan fingerprint density at radius 3 is 2.20 bits per heavy atom. The zero-order chi connectivity index (χ0) is 18.8. The lowest BCUT2D eigenvalue weighted by molar-refractivity contribution is -0.137. The Labute approximate surface area is 142 Å². The molecule has 6 heteroatoms. The van der Waals surface area contributed by atoms with E-state index in [0.29, 0.717) is 0 Å². The summed E-state index contributed by atoms with van der Waals surface area (Å²) in [6.45, 7) is 6.55. The van der Waals surface area contributed by atoms with Crippen molar-refractivity contribution in [1.29, 1.82) is 0 Å². The molecule has 0 amide bonds. The van der Waals surface area contributed by atoms with Gasteiger partial charge in [-0.25, -0.2) is 4.39 Å². The lowest BCUT2D eigenvalue weighted by Gasteiger charge is -2.22. The topological polar surface area (TPSA) is 34.1 Å². The van der Waals surface area contributed by atoms with E-state index in [1.165, 1.54) is 18.2 Å². The summed E-state index contributed by atoms with van der Waals surface area (Å²) in [5.74, 6) is -2.16. The Morgan fingerprint density at radius 1 is 1.12 bits per heavy atom. The fourth-order valence-electron chi connectivity index (χ4n) is 2.89. The highest BCUT2D eigenvalue weighted by molar-refractivity contribution is 6.02. The van der Waals surface area contributed by atoms with Crippen LogP contribution in [0.4, 0.5) is 17.6 Å². The second-order valence-corrected chi connectivity index (χ2v) is 5.92. The third-order valence-corrected chi connectivity index (χ3v) is 3.98. The van der Waals surface area contributed by atoms with Crippen LogP contribution in [-0.4, -0.2) is 11.6 Å². The Kier molecular flexibility index (Phi) is 5.40. The molecule has 1 fully saturated rings. The van der Waals surface area contributed by atoms with Gasteiger partial charge in [-0.15, -0.1) is 0 Å². The molecule has 2 rings (SSSR count). The molecule has 1 aliphatic carbocycles. The second kappa shape index (κ2) is 7.17. The molecule has 0 N–H and O–H groups in total. The van der Waals surface area contributed by atoms with Gasteiger partial charge in [0, 0.05) is 18.4 Å². The minimum absolute atomic E-state index is 0.0103. The van der Waals surface area contributed by atoms with Gasteiger partial charge in [0.25, 0.3) is 0 Å². The van der Waals surface area contributed by atoms with E-state index >= 15 is 0 Å². The maximum Gasteiger partial charge on any atom is 0.416 e. The summed E-state index contributed by atoms with van der Waals surface area (Å²) in [7, 11) is 0. The van der Waals surface area contributed by atoms with Gasteiger partial charge in [-0.3, -0.25) is 9.59 Å². The molecule has 0 bridgehead atoms. The summed E-state index contributed by atoms with van der Waals surface area (Å²) >= 11 is 0. The molecular weight excluding hydrogens is 336 g/mol. The number of halogens is 4. The van der Waals surface area contributed by atoms with Gasteiger partial charge in [0.15, 0.2) is 0 Å². The van der Waals surface area contributed by atoms with Crippen LogP contribution in [0.5, 0.6) is 0 Å². The Balaban J connectivity index is 2.60. The van der Waals surface area contributed by atoms with E-state index in [0.717, 1.165) is 12.1 Å². The fraction of sp³-hybridized carbons (Fsp3) is 0.263. The number of carbonyl (C=O) groups excluding carboxylic acids is 2. The number of carbonyl (C=O) groups is 2. The molecule has 0 heterocycles. The van der Waals surface area contributed by atoms with Gasteiger partial charge in [0.1, 0.15) is 17.4 Å². The lowest BCUT2D eigenvalue weighted by Crippen LogP contribution is -2.22. The molecule has 0 atom stereocenters. The van der Waals surface area contributed by atoms with Crippen molar-refractivity contribution >= 4 is 17.1 Å². The number of allylic oxidation sites excluding steroid dienone is 4. The third kappa shape index (κ3) is 4.53. The second-order valence-electron chi connectivity index (χ2n) is 5.92. The quantitative estimate of drug-likeness (QED) is 0.426. The molecule has 25 heavy (non-hydrogen) atoms. The molecule has 0 unspecified atom stereocenters. The lowest BCUT2D eigenvalue weighted by atomic mass is 9.81. The summed E-state index contributed by atoms with van der Waals surface area (Å²) in [4.78, 5) is 23.3. The number of hydrogen-bond acceptors (Lipinski definition) is 2. The minimum Gasteiger partial charge on any atom is -0.299 e. The van der Waals surface area contributed by atoms with E-state index in [4.69, 9.17) is 0 Å². The SMILES string of the molecule is C=C/C=C(\C(=C)F)c1cc(C2CC(=O)CC(=O)C2)cc(C(F)(F)F)c1. The molecule has 0 aliphatic heterocycles. The Hall–Kier alpha value is -2.50. The molecule has 0 saturated heterocycles. The van der Waals surface area contributed by atoms with Gasteiger partial charge in [-0.05, 0) is 29.2 Å². The van der Waals surface area contributed by atoms with Crippen molar-refractivity contribution < 1.29 is 27.2 Å². The zero-order valence-corrected chi connectivity index (χ0v) is 13.3. The molecule has 2 nitrogen and oxygen atoms in total. The predicted molar refractivity (Wildman–Crippen MR) is 86.5 cm³/mol. The van der Waals surface area contributed by atoms with Crippen molar-refractivity contribution in [2.75, 3.05) is 0 Å². The standard InChI is InChI=1S/C19H16F4O2/c1-3-4-18(11(2)20)14-5-12(6-15(7-14)19(21,22)23)13-8-16(24)10-17(25)9-13/h3-7,13H,1-2,8-10H2/b18-4+. The normalized spacial score (nSPS) is 16.9. The first-order valence-corrected chi connectivity index (χ1v) is 7.55. The van der Waals surface area contributed by atoms with Crippen molar-refractivity contribution in [2.24, 2.45) is 0 Å². The largest absolute Gasteiger partial charge is 0.416 e. The van der Waals surface area contributed by atoms with Gasteiger partial charge in [-0.2, -0.15) is 13.2 Å². The average Bonchev–Trinajstić information content (AvgIpc) is 2.50. The van der Waals surface area contributed by atoms with Crippen molar-refractivity contribution in [3.8, 4) is 0 Å². The number of rotatable bonds is 4. The maximum absolute atomic E-state index is 13.7. The van der Waals surface area contributed by atoms with Crippen LogP contribution in [0, 0.1) is 0 Å². The molecule has 0 radical (unpaired) electrons. The van der Waals surface area contributed by atoms with Crippen LogP contribution in [0.3, 0.4) is 0 Å². The van der Waals surface area contributed by atoms with Crippen LogP contribution in [0.25, 0.3) is 5.57 Å². The number of ketones is 2. The van der Waals surface area contributed by atoms with Crippen molar-refractivity contribution in [3.63, 3.8) is 0 Å². The predicted octanol–water partition coefficient (Wildman–Crippen LogP) is 5.16. The van der Waals surface area contributed by atoms with Crippen LogP contribution in [0.2, 0.25) is 0 Å². The molecule has 1 saturated carbocycles. The molecule has 0 spiro atoms. The van der Waals surface area contributed by atoms with Crippen LogP contribution in [-0.2, 0) is 15.8 Å². The molecular formula is C19H16F4O2. The van der Waals surface area contributed by atoms with Crippen LogP contribution >= 0.6 is 0 Å². The number of alkyl halides is 3. The van der Waals surface area contributed by atoms with E-state index in [9.17, 15) is 27.2 Å².